The summed E-state index contributed by atoms with van der Waals surface area (Å²) in [5.74, 6) is -7.42. The molecule has 0 amide bonds. The summed E-state index contributed by atoms with van der Waals surface area (Å²) in [5, 5.41) is 0. The predicted octanol–water partition coefficient (Wildman–Crippen LogP) is 14.2. The average molecular weight is 773 g/mol. The van der Waals surface area contributed by atoms with Gasteiger partial charge in [0.15, 0.2) is 0 Å². The molecule has 56 heavy (non-hydrogen) atoms. The molecule has 296 valence electrons. The van der Waals surface area contributed by atoms with Crippen LogP contribution in [0.25, 0.3) is 16.7 Å². The van der Waals surface area contributed by atoms with Gasteiger partial charge in [-0.1, -0.05) is 86.2 Å². The van der Waals surface area contributed by atoms with Crippen LogP contribution in [0, 0.1) is 17.6 Å². The molecule has 0 heterocycles. The first-order valence-electron chi connectivity index (χ1n) is 18.7. The highest BCUT2D eigenvalue weighted by Crippen LogP contribution is 2.45. The van der Waals surface area contributed by atoms with Crippen molar-refractivity contribution in [2.45, 2.75) is 82.5 Å². The molecule has 0 aliphatic heterocycles. The van der Waals surface area contributed by atoms with Crippen LogP contribution in [-0.4, -0.2) is 6.11 Å². The van der Waals surface area contributed by atoms with E-state index >= 15 is 17.6 Å². The van der Waals surface area contributed by atoms with Crippen molar-refractivity contribution in [1.29, 1.82) is 0 Å². The van der Waals surface area contributed by atoms with Gasteiger partial charge in [-0.05, 0) is 101 Å². The van der Waals surface area contributed by atoms with E-state index in [0.29, 0.717) is 28.2 Å². The summed E-state index contributed by atoms with van der Waals surface area (Å²) in [4.78, 5) is 0. The van der Waals surface area contributed by atoms with E-state index in [9.17, 15) is 8.78 Å². The highest BCUT2D eigenvalue weighted by atomic mass is 19.3. The van der Waals surface area contributed by atoms with Gasteiger partial charge in [0.25, 0.3) is 5.85 Å². The van der Waals surface area contributed by atoms with Crippen LogP contribution in [0.3, 0.4) is 0 Å². The van der Waals surface area contributed by atoms with Gasteiger partial charge in [-0.2, -0.15) is 13.2 Å². The number of hydrogen-bond donors (Lipinski definition) is 0. The lowest BCUT2D eigenvalue weighted by atomic mass is 9.87. The lowest BCUT2D eigenvalue weighted by molar-refractivity contribution is -0.335. The first-order chi connectivity index (χ1) is 26.7. The summed E-state index contributed by atoms with van der Waals surface area (Å²) in [7, 11) is 0. The number of hydrogen-bond acceptors (Lipinski definition) is 2. The van der Waals surface area contributed by atoms with Crippen LogP contribution in [0.4, 0.5) is 26.3 Å². The van der Waals surface area contributed by atoms with E-state index in [4.69, 9.17) is 4.74 Å². The zero-order valence-electron chi connectivity index (χ0n) is 32.0. The Hall–Kier alpha value is -5.08. The molecule has 3 atom stereocenters. The zero-order valence-corrected chi connectivity index (χ0v) is 32.0. The van der Waals surface area contributed by atoms with Gasteiger partial charge in [-0.15, -0.1) is 39.5 Å². The van der Waals surface area contributed by atoms with E-state index in [1.807, 2.05) is 6.08 Å². The SMILES string of the molecule is C=CCc1cc(OC(F)(CC=C)c2c(F)cc(C3=CCC(CCC)C=C3)cc2CC=C)ccc1-c1cc(F)c(C(F)(CC=C)OC(F)(F)CC=C)c(CC=C)c1. The largest absolute Gasteiger partial charge is 0.453 e. The highest BCUT2D eigenvalue weighted by molar-refractivity contribution is 5.76. The van der Waals surface area contributed by atoms with Crippen molar-refractivity contribution in [3.8, 4) is 16.9 Å². The Morgan fingerprint density at radius 2 is 1.23 bits per heavy atom. The van der Waals surface area contributed by atoms with Gasteiger partial charge in [0.05, 0.1) is 17.5 Å². The maximum absolute atomic E-state index is 17.3. The monoisotopic (exact) mass is 772 g/mol. The number of benzene rings is 3. The average Bonchev–Trinajstić information content (AvgIpc) is 3.12. The minimum absolute atomic E-state index is 0.0151. The van der Waals surface area contributed by atoms with Crippen LogP contribution in [0.15, 0.2) is 137 Å². The maximum Gasteiger partial charge on any atom is 0.362 e. The van der Waals surface area contributed by atoms with E-state index in [-0.39, 0.29) is 41.7 Å². The zero-order chi connectivity index (χ0) is 41.1. The third-order valence-electron chi connectivity index (χ3n) is 9.54. The first-order valence-corrected chi connectivity index (χ1v) is 18.7. The van der Waals surface area contributed by atoms with E-state index < -0.39 is 54.3 Å². The van der Waals surface area contributed by atoms with Gasteiger partial charge in [0.1, 0.15) is 17.4 Å². The van der Waals surface area contributed by atoms with Crippen molar-refractivity contribution in [2.75, 3.05) is 0 Å². The van der Waals surface area contributed by atoms with Gasteiger partial charge in [-0.3, -0.25) is 4.74 Å². The normalized spacial score (nSPS) is 16.2. The number of ether oxygens (including phenoxy) is 2. The van der Waals surface area contributed by atoms with Gasteiger partial charge >= 0.3 is 6.11 Å². The Morgan fingerprint density at radius 1 is 0.679 bits per heavy atom. The van der Waals surface area contributed by atoms with E-state index in [2.05, 4.69) is 63.3 Å². The Labute approximate surface area is 327 Å². The second kappa shape index (κ2) is 19.2. The fourth-order valence-corrected chi connectivity index (χ4v) is 7.22. The molecule has 0 bridgehead atoms. The fourth-order valence-electron chi connectivity index (χ4n) is 7.22. The second-order valence-electron chi connectivity index (χ2n) is 13.9. The fraction of sp³-hybridized carbons (Fsp3) is 0.292. The van der Waals surface area contributed by atoms with Gasteiger partial charge in [0.2, 0.25) is 5.85 Å². The van der Waals surface area contributed by atoms with Crippen molar-refractivity contribution in [3.05, 3.63) is 182 Å². The summed E-state index contributed by atoms with van der Waals surface area (Å²) in [5.41, 5.74) is 2.10. The first kappa shape index (κ1) is 43.6. The van der Waals surface area contributed by atoms with Crippen molar-refractivity contribution in [1.82, 2.24) is 0 Å². The summed E-state index contributed by atoms with van der Waals surface area (Å²) >= 11 is 0. The summed E-state index contributed by atoms with van der Waals surface area (Å²) in [6, 6.07) is 10.1. The van der Waals surface area contributed by atoms with Crippen LogP contribution in [0.1, 0.15) is 78.8 Å². The molecule has 0 saturated carbocycles. The molecule has 8 heteroatoms. The van der Waals surface area contributed by atoms with Crippen LogP contribution >= 0.6 is 0 Å². The lowest BCUT2D eigenvalue weighted by Crippen LogP contribution is -2.35. The molecule has 0 radical (unpaired) electrons. The molecule has 3 aromatic rings. The van der Waals surface area contributed by atoms with E-state index in [0.717, 1.165) is 43.1 Å². The summed E-state index contributed by atoms with van der Waals surface area (Å²) in [6.07, 6.45) is 11.0. The third kappa shape index (κ3) is 10.2. The molecule has 0 saturated heterocycles. The number of allylic oxidation sites excluding steroid dienone is 7. The summed E-state index contributed by atoms with van der Waals surface area (Å²) in [6.45, 7) is 23.9. The lowest BCUT2D eigenvalue weighted by Gasteiger charge is -2.31. The molecular formula is C48H50F6O2. The van der Waals surface area contributed by atoms with Crippen LogP contribution in [0.2, 0.25) is 0 Å². The molecule has 1 aliphatic carbocycles. The molecule has 1 aliphatic rings. The second-order valence-corrected chi connectivity index (χ2v) is 13.9. The number of halogens is 6. The summed E-state index contributed by atoms with van der Waals surface area (Å²) < 4.78 is 106. The van der Waals surface area contributed by atoms with Gasteiger partial charge in [-0.25, -0.2) is 13.2 Å². The standard InChI is InChI=1S/C48H50F6O2/c1-8-15-33-19-21-34(22-20-33)38-28-36(17-10-3)44(42(49)31-38)46(51,25-12-5)55-40-23-24-41(35(30-40)16-9-2)39-29-37(18-11-4)45(43(50)32-39)47(52,26-13-6)56-48(53,54)27-14-7/h9-14,19,21-24,28-33H,2-8,15-18,20,25-27H2,1H3. The predicted molar refractivity (Wildman–Crippen MR) is 217 cm³/mol. The van der Waals surface area contributed by atoms with Crippen molar-refractivity contribution in [2.24, 2.45) is 5.92 Å². The molecule has 3 unspecified atom stereocenters. The van der Waals surface area contributed by atoms with E-state index in [1.165, 1.54) is 36.4 Å². The Balaban J connectivity index is 1.79. The van der Waals surface area contributed by atoms with Gasteiger partial charge in [0, 0.05) is 12.8 Å². The maximum atomic E-state index is 17.3. The Kier molecular flexibility index (Phi) is 14.9. The third-order valence-corrected chi connectivity index (χ3v) is 9.54. The number of rotatable bonds is 22. The van der Waals surface area contributed by atoms with Crippen molar-refractivity contribution in [3.63, 3.8) is 0 Å². The van der Waals surface area contributed by atoms with Crippen LogP contribution < -0.4 is 4.74 Å². The van der Waals surface area contributed by atoms with Crippen molar-refractivity contribution < 1.29 is 35.8 Å². The smallest absolute Gasteiger partial charge is 0.362 e. The molecule has 0 N–H and O–H groups in total. The van der Waals surface area contributed by atoms with Gasteiger partial charge < -0.3 is 4.74 Å². The topological polar surface area (TPSA) is 18.5 Å². The quantitative estimate of drug-likeness (QED) is 0.0748. The molecule has 0 aromatic heterocycles. The number of alkyl halides is 4. The van der Waals surface area contributed by atoms with Crippen molar-refractivity contribution >= 4 is 5.57 Å². The Bertz CT molecular complexity index is 2010. The van der Waals surface area contributed by atoms with Crippen LogP contribution in [0.5, 0.6) is 5.75 Å². The minimum Gasteiger partial charge on any atom is -0.453 e. The van der Waals surface area contributed by atoms with E-state index in [1.54, 1.807) is 24.3 Å². The van der Waals surface area contributed by atoms with Crippen LogP contribution in [-0.2, 0) is 35.7 Å². The molecule has 3 aromatic carbocycles. The molecule has 0 fully saturated rings. The Morgan fingerprint density at radius 3 is 1.79 bits per heavy atom. The molecular weight excluding hydrogens is 723 g/mol. The molecule has 0 spiro atoms. The molecule has 2 nitrogen and oxygen atoms in total. The highest BCUT2D eigenvalue weighted by Gasteiger charge is 2.46. The molecule has 4 rings (SSSR count). The minimum atomic E-state index is -3.99.